The monoisotopic (exact) mass is 275 g/mol. The van der Waals surface area contributed by atoms with E-state index in [1.54, 1.807) is 0 Å². The first-order valence-electron chi connectivity index (χ1n) is 8.12. The van der Waals surface area contributed by atoms with Crippen LogP contribution >= 0.6 is 0 Å². The average molecular weight is 275 g/mol. The number of hydrogen-bond acceptors (Lipinski definition) is 3. The molecular formula is C17H29N3. The molecule has 1 aliphatic carbocycles. The van der Waals surface area contributed by atoms with Crippen molar-refractivity contribution in [3.05, 3.63) is 23.4 Å². The minimum absolute atomic E-state index is 0.666. The number of hydrogen-bond donors (Lipinski definition) is 1. The summed E-state index contributed by atoms with van der Waals surface area (Å²) in [6, 6.07) is 5.10. The molecule has 20 heavy (non-hydrogen) atoms. The molecule has 0 aliphatic heterocycles. The third-order valence-electron chi connectivity index (χ3n) is 4.31. The molecule has 0 unspecified atom stereocenters. The fourth-order valence-corrected chi connectivity index (χ4v) is 3.11. The molecule has 0 amide bonds. The first kappa shape index (κ1) is 15.3. The summed E-state index contributed by atoms with van der Waals surface area (Å²) in [5.74, 6) is 1.14. The van der Waals surface area contributed by atoms with E-state index in [0.717, 1.165) is 24.6 Å². The summed E-state index contributed by atoms with van der Waals surface area (Å²) >= 11 is 0. The minimum atomic E-state index is 0.666. The lowest BCUT2D eigenvalue weighted by atomic mass is 10.1. The van der Waals surface area contributed by atoms with Crippen molar-refractivity contribution in [3.8, 4) is 0 Å². The van der Waals surface area contributed by atoms with Crippen LogP contribution in [0.15, 0.2) is 12.1 Å². The minimum Gasteiger partial charge on any atom is -0.357 e. The Hall–Kier alpha value is -1.09. The molecule has 0 aromatic carbocycles. The van der Waals surface area contributed by atoms with Crippen LogP contribution in [0.4, 0.5) is 5.82 Å². The molecule has 1 aromatic rings. The van der Waals surface area contributed by atoms with Gasteiger partial charge in [0.2, 0.25) is 0 Å². The van der Waals surface area contributed by atoms with E-state index in [9.17, 15) is 0 Å². The summed E-state index contributed by atoms with van der Waals surface area (Å²) in [6.07, 6.45) is 8.16. The van der Waals surface area contributed by atoms with Crippen LogP contribution in [-0.4, -0.2) is 24.6 Å². The summed E-state index contributed by atoms with van der Waals surface area (Å²) in [6.45, 7) is 6.19. The van der Waals surface area contributed by atoms with Crippen molar-refractivity contribution >= 4 is 5.82 Å². The average Bonchev–Trinajstić information content (AvgIpc) is 2.72. The van der Waals surface area contributed by atoms with Gasteiger partial charge in [-0.3, -0.25) is 0 Å². The second-order valence-corrected chi connectivity index (χ2v) is 6.01. The van der Waals surface area contributed by atoms with Crippen molar-refractivity contribution < 1.29 is 0 Å². The number of nitrogens with zero attached hydrogens (tertiary/aromatic N) is 2. The van der Waals surface area contributed by atoms with Crippen LogP contribution in [0.1, 0.15) is 56.7 Å². The maximum Gasteiger partial charge on any atom is 0.129 e. The van der Waals surface area contributed by atoms with Crippen LogP contribution in [0.2, 0.25) is 0 Å². The summed E-state index contributed by atoms with van der Waals surface area (Å²) in [7, 11) is 2.22. The number of anilines is 1. The van der Waals surface area contributed by atoms with E-state index < -0.39 is 0 Å². The number of pyridine rings is 1. The summed E-state index contributed by atoms with van der Waals surface area (Å²) < 4.78 is 0. The molecule has 1 aliphatic rings. The molecule has 0 bridgehead atoms. The molecule has 1 fully saturated rings. The smallest absolute Gasteiger partial charge is 0.129 e. The van der Waals surface area contributed by atoms with Gasteiger partial charge in [-0.05, 0) is 44.0 Å². The molecular weight excluding hydrogens is 246 g/mol. The van der Waals surface area contributed by atoms with Crippen molar-refractivity contribution in [2.24, 2.45) is 0 Å². The van der Waals surface area contributed by atoms with Crippen molar-refractivity contribution in [2.75, 3.05) is 18.5 Å². The Balaban J connectivity index is 2.11. The molecule has 112 valence electrons. The van der Waals surface area contributed by atoms with Gasteiger partial charge in [-0.25, -0.2) is 4.98 Å². The Kier molecular flexibility index (Phi) is 5.84. The molecule has 3 nitrogen and oxygen atoms in total. The highest BCUT2D eigenvalue weighted by Crippen LogP contribution is 2.25. The molecule has 2 rings (SSSR count). The lowest BCUT2D eigenvalue weighted by Crippen LogP contribution is -2.32. The van der Waals surface area contributed by atoms with E-state index in [2.05, 4.69) is 43.2 Å². The summed E-state index contributed by atoms with van der Waals surface area (Å²) in [5.41, 5.74) is 2.46. The van der Waals surface area contributed by atoms with Gasteiger partial charge in [0.15, 0.2) is 0 Å². The summed E-state index contributed by atoms with van der Waals surface area (Å²) in [5, 5.41) is 3.40. The van der Waals surface area contributed by atoms with Gasteiger partial charge in [-0.2, -0.15) is 0 Å². The third-order valence-corrected chi connectivity index (χ3v) is 4.31. The van der Waals surface area contributed by atoms with E-state index >= 15 is 0 Å². The summed E-state index contributed by atoms with van der Waals surface area (Å²) in [4.78, 5) is 7.16. The van der Waals surface area contributed by atoms with E-state index in [-0.39, 0.29) is 0 Å². The molecule has 1 aromatic heterocycles. The lowest BCUT2D eigenvalue weighted by molar-refractivity contribution is 0.548. The normalized spacial score (nSPS) is 16.9. The fourth-order valence-electron chi connectivity index (χ4n) is 3.11. The Morgan fingerprint density at radius 2 is 1.90 bits per heavy atom. The standard InChI is InChI=1S/C17H29N3/c1-4-18-13-15-11-14(2)19-17(12-15)20(3)16-9-7-5-6-8-10-16/h11-12,16,18H,4-10,13H2,1-3H3. The predicted molar refractivity (Wildman–Crippen MR) is 86.2 cm³/mol. The van der Waals surface area contributed by atoms with E-state index in [1.807, 2.05) is 0 Å². The quantitative estimate of drug-likeness (QED) is 0.831. The second-order valence-electron chi connectivity index (χ2n) is 6.01. The second kappa shape index (κ2) is 7.63. The van der Waals surface area contributed by atoms with Gasteiger partial charge >= 0.3 is 0 Å². The first-order chi connectivity index (χ1) is 9.70. The molecule has 3 heteroatoms. The molecule has 0 spiro atoms. The van der Waals surface area contributed by atoms with Gasteiger partial charge in [-0.15, -0.1) is 0 Å². The Bertz CT molecular complexity index is 409. The number of nitrogens with one attached hydrogen (secondary N) is 1. The van der Waals surface area contributed by atoms with Crippen molar-refractivity contribution in [1.29, 1.82) is 0 Å². The third kappa shape index (κ3) is 4.20. The molecule has 1 saturated carbocycles. The van der Waals surface area contributed by atoms with E-state index in [0.29, 0.717) is 6.04 Å². The van der Waals surface area contributed by atoms with Crippen LogP contribution in [0.25, 0.3) is 0 Å². The maximum atomic E-state index is 4.75. The highest BCUT2D eigenvalue weighted by molar-refractivity contribution is 5.43. The largest absolute Gasteiger partial charge is 0.357 e. The first-order valence-corrected chi connectivity index (χ1v) is 8.12. The SMILES string of the molecule is CCNCc1cc(C)nc(N(C)C2CCCCCC2)c1. The highest BCUT2D eigenvalue weighted by Gasteiger charge is 2.18. The van der Waals surface area contributed by atoms with Crippen LogP contribution in [-0.2, 0) is 6.54 Å². The highest BCUT2D eigenvalue weighted by atomic mass is 15.2. The molecule has 1 heterocycles. The molecule has 1 N–H and O–H groups in total. The molecule has 0 atom stereocenters. The zero-order chi connectivity index (χ0) is 14.4. The number of aryl methyl sites for hydroxylation is 1. The topological polar surface area (TPSA) is 28.2 Å². The molecule has 0 saturated heterocycles. The zero-order valence-electron chi connectivity index (χ0n) is 13.3. The zero-order valence-corrected chi connectivity index (χ0v) is 13.3. The van der Waals surface area contributed by atoms with Crippen LogP contribution < -0.4 is 10.2 Å². The Morgan fingerprint density at radius 3 is 2.55 bits per heavy atom. The van der Waals surface area contributed by atoms with Crippen molar-refractivity contribution in [1.82, 2.24) is 10.3 Å². The van der Waals surface area contributed by atoms with Crippen LogP contribution in [0, 0.1) is 6.92 Å². The van der Waals surface area contributed by atoms with Crippen molar-refractivity contribution in [2.45, 2.75) is 65.0 Å². The van der Waals surface area contributed by atoms with Gasteiger partial charge < -0.3 is 10.2 Å². The predicted octanol–water partition coefficient (Wildman–Crippen LogP) is 3.66. The lowest BCUT2D eigenvalue weighted by Gasteiger charge is -2.29. The van der Waals surface area contributed by atoms with Crippen LogP contribution in [0.3, 0.4) is 0 Å². The van der Waals surface area contributed by atoms with Crippen molar-refractivity contribution in [3.63, 3.8) is 0 Å². The van der Waals surface area contributed by atoms with Gasteiger partial charge in [0.25, 0.3) is 0 Å². The Labute approximate surface area is 123 Å². The van der Waals surface area contributed by atoms with Gasteiger partial charge in [0, 0.05) is 25.3 Å². The number of aromatic nitrogens is 1. The van der Waals surface area contributed by atoms with Gasteiger partial charge in [-0.1, -0.05) is 32.6 Å². The molecule has 0 radical (unpaired) electrons. The maximum absolute atomic E-state index is 4.75. The van der Waals surface area contributed by atoms with Gasteiger partial charge in [0.05, 0.1) is 0 Å². The van der Waals surface area contributed by atoms with Crippen LogP contribution in [0.5, 0.6) is 0 Å². The Morgan fingerprint density at radius 1 is 1.20 bits per heavy atom. The number of rotatable bonds is 5. The van der Waals surface area contributed by atoms with E-state index in [4.69, 9.17) is 4.98 Å². The fraction of sp³-hybridized carbons (Fsp3) is 0.706. The van der Waals surface area contributed by atoms with Gasteiger partial charge in [0.1, 0.15) is 5.82 Å². The van der Waals surface area contributed by atoms with E-state index in [1.165, 1.54) is 44.1 Å².